The number of carbonyl (C=O) groups is 1. The highest BCUT2D eigenvalue weighted by atomic mass is 31.2. The third kappa shape index (κ3) is 62.0. The summed E-state index contributed by atoms with van der Waals surface area (Å²) >= 11 is 0. The zero-order valence-corrected chi connectivity index (χ0v) is 52.9. The Morgan fingerprint density at radius 1 is 0.438 bits per heavy atom. The van der Waals surface area contributed by atoms with E-state index in [9.17, 15) is 19.4 Å². The second-order valence-electron chi connectivity index (χ2n) is 22.4. The summed E-state index contributed by atoms with van der Waals surface area (Å²) in [5.41, 5.74) is 0. The number of unbranched alkanes of at least 4 members (excludes halogenated alkanes) is 22. The monoisotopic (exact) mass is 1130 g/mol. The zero-order valence-electron chi connectivity index (χ0n) is 52.0. The summed E-state index contributed by atoms with van der Waals surface area (Å²) in [5.74, 6) is -0.213. The lowest BCUT2D eigenvalue weighted by Gasteiger charge is -2.25. The second-order valence-corrected chi connectivity index (χ2v) is 23.9. The maximum atomic E-state index is 13.0. The van der Waals surface area contributed by atoms with Crippen LogP contribution in [0.4, 0.5) is 0 Å². The van der Waals surface area contributed by atoms with Gasteiger partial charge in [-0.05, 0) is 103 Å². The van der Waals surface area contributed by atoms with Crippen LogP contribution in [-0.2, 0) is 18.4 Å². The largest absolute Gasteiger partial charge is 0.472 e. The molecule has 0 saturated carbocycles. The van der Waals surface area contributed by atoms with Crippen LogP contribution in [0.2, 0.25) is 0 Å². The van der Waals surface area contributed by atoms with E-state index in [0.717, 1.165) is 109 Å². The van der Waals surface area contributed by atoms with Crippen LogP contribution >= 0.6 is 7.82 Å². The van der Waals surface area contributed by atoms with Crippen molar-refractivity contribution in [2.24, 2.45) is 0 Å². The first kappa shape index (κ1) is 76.4. The van der Waals surface area contributed by atoms with Gasteiger partial charge in [0, 0.05) is 6.42 Å². The Balaban J connectivity index is 4.27. The molecule has 0 aliphatic heterocycles. The Morgan fingerprint density at radius 2 is 0.750 bits per heavy atom. The number of phosphoric acid groups is 1. The SMILES string of the molecule is CC/C=C\C/C=C\C/C=C\C/C=C\C/C=C\C/C=C\C/C=C\C/C=C\C/C=C\C/C=C\C/C=C\CCCCCC(=O)NC(COP(=O)(O)OCC[N+](C)(C)C)C(O)/C=C/CCCCCCCCCCCCCCCCCCCCC. The lowest BCUT2D eigenvalue weighted by atomic mass is 10.0. The van der Waals surface area contributed by atoms with Gasteiger partial charge in [0.1, 0.15) is 13.2 Å². The van der Waals surface area contributed by atoms with Crippen LogP contribution in [0.3, 0.4) is 0 Å². The molecule has 0 aliphatic carbocycles. The molecular weight excluding hydrogens is 1010 g/mol. The van der Waals surface area contributed by atoms with E-state index >= 15 is 0 Å². The Morgan fingerprint density at radius 3 is 1.10 bits per heavy atom. The van der Waals surface area contributed by atoms with Gasteiger partial charge in [0.05, 0.1) is 39.9 Å². The molecule has 0 fully saturated rings. The van der Waals surface area contributed by atoms with E-state index in [2.05, 4.69) is 153 Å². The van der Waals surface area contributed by atoms with Crippen molar-refractivity contribution in [1.29, 1.82) is 0 Å². The van der Waals surface area contributed by atoms with Gasteiger partial charge in [0.2, 0.25) is 5.91 Å². The first-order valence-corrected chi connectivity index (χ1v) is 33.7. The predicted octanol–water partition coefficient (Wildman–Crippen LogP) is 20.4. The average molecular weight is 1130 g/mol. The van der Waals surface area contributed by atoms with E-state index in [1.165, 1.54) is 109 Å². The molecule has 1 amide bonds. The number of aliphatic hydroxyl groups excluding tert-OH is 1. The Kier molecular flexibility index (Phi) is 57.3. The minimum atomic E-state index is -4.37. The number of aliphatic hydroxyl groups is 1. The van der Waals surface area contributed by atoms with E-state index in [4.69, 9.17) is 9.05 Å². The van der Waals surface area contributed by atoms with E-state index in [-0.39, 0.29) is 19.1 Å². The fourth-order valence-electron chi connectivity index (χ4n) is 8.58. The normalized spacial score (nSPS) is 14.7. The standard InChI is InChI=1S/C71H121N2O6P/c1-6-8-10-12-14-16-18-20-22-24-26-28-29-30-31-32-33-34-35-36-37-38-39-40-41-42-43-45-47-49-51-53-55-57-59-61-63-65-71(75)72-69(68-79-80(76,77)78-67-66-73(3,4)5)70(74)64-62-60-58-56-54-52-50-48-46-44-27-25-23-21-19-17-15-13-11-9-7-2/h8,10,14,16,20,22,26,28,30-31,33-34,36-37,39-40,42-43,47,49,53,55,62,64,69-70,74H,6-7,9,11-13,15,17-19,21,23-25,27,29,32,35,38,41,44-46,48,50-52,54,56-61,63,65-68H2,1-5H3,(H-,72,75,76,77)/p+1/b10-8-,16-14-,22-20-,28-26-,31-30-,34-33-,37-36-,40-39-,43-42-,49-47-,55-53-,64-62+. The molecule has 3 unspecified atom stereocenters. The molecule has 3 atom stereocenters. The van der Waals surface area contributed by atoms with E-state index in [0.29, 0.717) is 23.9 Å². The summed E-state index contributed by atoms with van der Waals surface area (Å²) < 4.78 is 23.7. The Bertz CT molecular complexity index is 1810. The number of likely N-dealkylation sites (N-methyl/N-ethyl adjacent to an activating group) is 1. The van der Waals surface area contributed by atoms with Gasteiger partial charge in [-0.2, -0.15) is 0 Å². The number of phosphoric ester groups is 1. The lowest BCUT2D eigenvalue weighted by molar-refractivity contribution is -0.870. The maximum Gasteiger partial charge on any atom is 0.472 e. The fourth-order valence-corrected chi connectivity index (χ4v) is 9.31. The number of quaternary nitrogens is 1. The van der Waals surface area contributed by atoms with Gasteiger partial charge in [0.15, 0.2) is 0 Å². The van der Waals surface area contributed by atoms with Crippen LogP contribution in [0.1, 0.15) is 245 Å². The Hall–Kier alpha value is -3.62. The molecule has 8 nitrogen and oxygen atoms in total. The zero-order chi connectivity index (χ0) is 58.4. The smallest absolute Gasteiger partial charge is 0.387 e. The lowest BCUT2D eigenvalue weighted by Crippen LogP contribution is -2.45. The molecule has 456 valence electrons. The molecule has 0 aromatic carbocycles. The van der Waals surface area contributed by atoms with Gasteiger partial charge in [-0.15, -0.1) is 0 Å². The van der Waals surface area contributed by atoms with Crippen LogP contribution in [0, 0.1) is 0 Å². The van der Waals surface area contributed by atoms with Crippen molar-refractivity contribution in [2.75, 3.05) is 40.9 Å². The number of hydrogen-bond acceptors (Lipinski definition) is 5. The van der Waals surface area contributed by atoms with Crippen molar-refractivity contribution in [1.82, 2.24) is 5.32 Å². The molecule has 0 radical (unpaired) electrons. The minimum Gasteiger partial charge on any atom is -0.387 e. The summed E-state index contributed by atoms with van der Waals surface area (Å²) in [6.45, 7) is 4.68. The van der Waals surface area contributed by atoms with E-state index < -0.39 is 20.0 Å². The van der Waals surface area contributed by atoms with Crippen LogP contribution in [0.5, 0.6) is 0 Å². The van der Waals surface area contributed by atoms with Gasteiger partial charge in [-0.3, -0.25) is 13.8 Å². The number of rotatable bonds is 57. The number of amides is 1. The minimum absolute atomic E-state index is 0.0471. The van der Waals surface area contributed by atoms with Gasteiger partial charge in [-0.1, -0.05) is 282 Å². The molecule has 0 spiro atoms. The summed E-state index contributed by atoms with van der Waals surface area (Å²) in [6, 6.07) is -0.877. The average Bonchev–Trinajstić information content (AvgIpc) is 3.42. The molecule has 9 heteroatoms. The molecule has 80 heavy (non-hydrogen) atoms. The van der Waals surface area contributed by atoms with Crippen molar-refractivity contribution in [3.63, 3.8) is 0 Å². The molecule has 3 N–H and O–H groups in total. The van der Waals surface area contributed by atoms with Crippen LogP contribution in [0.25, 0.3) is 0 Å². The van der Waals surface area contributed by atoms with E-state index in [1.54, 1.807) is 6.08 Å². The molecule has 0 aromatic rings. The van der Waals surface area contributed by atoms with Crippen molar-refractivity contribution in [2.45, 2.75) is 257 Å². The third-order valence-electron chi connectivity index (χ3n) is 13.6. The summed E-state index contributed by atoms with van der Waals surface area (Å²) in [5, 5.41) is 13.9. The van der Waals surface area contributed by atoms with E-state index in [1.807, 2.05) is 27.2 Å². The highest BCUT2D eigenvalue weighted by molar-refractivity contribution is 7.47. The summed E-state index contributed by atoms with van der Waals surface area (Å²) in [4.78, 5) is 23.4. The molecular formula is C71H122N2O6P+. The molecule has 0 heterocycles. The number of nitrogens with one attached hydrogen (secondary N) is 1. The first-order valence-electron chi connectivity index (χ1n) is 32.2. The van der Waals surface area contributed by atoms with Crippen molar-refractivity contribution >= 4 is 13.7 Å². The summed E-state index contributed by atoms with van der Waals surface area (Å²) in [6.07, 6.45) is 92.5. The molecule has 0 rings (SSSR count). The quantitative estimate of drug-likeness (QED) is 0.0243. The van der Waals surface area contributed by atoms with Gasteiger partial charge < -0.3 is 19.8 Å². The van der Waals surface area contributed by atoms with Crippen molar-refractivity contribution < 1.29 is 32.9 Å². The number of nitrogens with zero attached hydrogens (tertiary/aromatic N) is 1. The van der Waals surface area contributed by atoms with Crippen molar-refractivity contribution in [3.8, 4) is 0 Å². The number of hydrogen-bond donors (Lipinski definition) is 3. The van der Waals surface area contributed by atoms with Crippen LogP contribution in [-0.4, -0.2) is 73.4 Å². The predicted molar refractivity (Wildman–Crippen MR) is 350 cm³/mol. The molecule has 0 aliphatic rings. The van der Waals surface area contributed by atoms with Crippen LogP contribution < -0.4 is 5.32 Å². The van der Waals surface area contributed by atoms with Gasteiger partial charge in [-0.25, -0.2) is 4.57 Å². The highest BCUT2D eigenvalue weighted by Gasteiger charge is 2.27. The van der Waals surface area contributed by atoms with Crippen molar-refractivity contribution in [3.05, 3.63) is 146 Å². The maximum absolute atomic E-state index is 13.0. The van der Waals surface area contributed by atoms with Gasteiger partial charge in [0.25, 0.3) is 0 Å². The van der Waals surface area contributed by atoms with Gasteiger partial charge >= 0.3 is 7.82 Å². The second kappa shape index (κ2) is 60.0. The summed E-state index contributed by atoms with van der Waals surface area (Å²) in [7, 11) is 1.53. The molecule has 0 bridgehead atoms. The third-order valence-corrected chi connectivity index (χ3v) is 14.5. The number of carbonyl (C=O) groups excluding carboxylic acids is 1. The topological polar surface area (TPSA) is 105 Å². The Labute approximate surface area is 493 Å². The fraction of sp³-hybridized carbons (Fsp3) is 0.648. The highest BCUT2D eigenvalue weighted by Crippen LogP contribution is 2.43. The molecule has 0 saturated heterocycles. The number of allylic oxidation sites excluding steroid dienone is 23. The molecule has 0 aromatic heterocycles. The first-order chi connectivity index (χ1) is 39.0. The van der Waals surface area contributed by atoms with Crippen LogP contribution in [0.15, 0.2) is 146 Å².